The lowest BCUT2D eigenvalue weighted by Gasteiger charge is -2.28. The summed E-state index contributed by atoms with van der Waals surface area (Å²) >= 11 is 0. The SMILES string of the molecule is O=C(O)/C=C/C=C/C[C@H]1CC[C@H](c2ccc(OC(F)(F)F)cc2)CC1. The maximum Gasteiger partial charge on any atom is 0.573 e. The second kappa shape index (κ2) is 8.74. The van der Waals surface area contributed by atoms with Crippen LogP contribution < -0.4 is 4.74 Å². The highest BCUT2D eigenvalue weighted by Crippen LogP contribution is 2.37. The topological polar surface area (TPSA) is 46.5 Å². The van der Waals surface area contributed by atoms with E-state index in [0.29, 0.717) is 11.8 Å². The van der Waals surface area contributed by atoms with Gasteiger partial charge in [-0.1, -0.05) is 30.4 Å². The fraction of sp³-hybridized carbons (Fsp3) is 0.421. The molecule has 1 saturated carbocycles. The van der Waals surface area contributed by atoms with Crippen molar-refractivity contribution in [3.05, 3.63) is 54.1 Å². The van der Waals surface area contributed by atoms with Gasteiger partial charge in [-0.05, 0) is 61.6 Å². The monoisotopic (exact) mass is 354 g/mol. The first kappa shape index (κ1) is 19.1. The summed E-state index contributed by atoms with van der Waals surface area (Å²) in [6.07, 6.45) is 6.70. The Bertz CT molecular complexity index is 610. The molecule has 1 aliphatic rings. The zero-order chi connectivity index (χ0) is 18.3. The minimum absolute atomic E-state index is 0.190. The standard InChI is InChI=1S/C19H21F3O3/c20-19(21,22)25-17-12-10-16(11-13-17)15-8-6-14(7-9-15)4-2-1-3-5-18(23)24/h1-3,5,10-15H,4,6-9H2,(H,23,24)/b2-1+,5-3+/t14-,15-. The van der Waals surface area contributed by atoms with Crippen molar-refractivity contribution in [3.8, 4) is 5.75 Å². The van der Waals surface area contributed by atoms with E-state index in [4.69, 9.17) is 5.11 Å². The van der Waals surface area contributed by atoms with Gasteiger partial charge in [-0.25, -0.2) is 4.79 Å². The second-order valence-corrected chi connectivity index (χ2v) is 6.20. The van der Waals surface area contributed by atoms with E-state index in [1.165, 1.54) is 18.2 Å². The number of carboxylic acid groups (broad SMARTS) is 1. The maximum atomic E-state index is 12.2. The summed E-state index contributed by atoms with van der Waals surface area (Å²) in [4.78, 5) is 10.3. The number of hydrogen-bond donors (Lipinski definition) is 1. The lowest BCUT2D eigenvalue weighted by Crippen LogP contribution is -2.17. The van der Waals surface area contributed by atoms with Gasteiger partial charge in [-0.2, -0.15) is 0 Å². The van der Waals surface area contributed by atoms with E-state index in [1.54, 1.807) is 18.2 Å². The molecule has 0 saturated heterocycles. The Kier molecular flexibility index (Phi) is 6.67. The van der Waals surface area contributed by atoms with Crippen LogP contribution in [0.2, 0.25) is 0 Å². The molecule has 6 heteroatoms. The molecule has 136 valence electrons. The number of allylic oxidation sites excluding steroid dienone is 3. The molecule has 3 nitrogen and oxygen atoms in total. The van der Waals surface area contributed by atoms with Gasteiger partial charge in [0, 0.05) is 6.08 Å². The van der Waals surface area contributed by atoms with Gasteiger partial charge in [-0.15, -0.1) is 13.2 Å². The Hall–Kier alpha value is -2.24. The molecule has 1 aromatic rings. The molecule has 25 heavy (non-hydrogen) atoms. The third-order valence-electron chi connectivity index (χ3n) is 4.39. The predicted octanol–water partition coefficient (Wildman–Crippen LogP) is 5.45. The molecule has 0 bridgehead atoms. The van der Waals surface area contributed by atoms with E-state index in [1.807, 2.05) is 6.08 Å². The normalized spacial score (nSPS) is 21.7. The minimum atomic E-state index is -4.66. The van der Waals surface area contributed by atoms with E-state index in [0.717, 1.165) is 43.7 Å². The summed E-state index contributed by atoms with van der Waals surface area (Å²) in [7, 11) is 0. The number of benzene rings is 1. The molecule has 0 amide bonds. The second-order valence-electron chi connectivity index (χ2n) is 6.20. The molecule has 0 heterocycles. The number of carbonyl (C=O) groups is 1. The smallest absolute Gasteiger partial charge is 0.478 e. The van der Waals surface area contributed by atoms with Crippen molar-refractivity contribution < 1.29 is 27.8 Å². The fourth-order valence-electron chi connectivity index (χ4n) is 3.16. The zero-order valence-corrected chi connectivity index (χ0v) is 13.7. The van der Waals surface area contributed by atoms with Crippen LogP contribution >= 0.6 is 0 Å². The summed E-state index contributed by atoms with van der Waals surface area (Å²) in [5.74, 6) is -0.216. The molecule has 1 fully saturated rings. The van der Waals surface area contributed by atoms with Gasteiger partial charge in [0.25, 0.3) is 0 Å². The van der Waals surface area contributed by atoms with Crippen molar-refractivity contribution >= 4 is 5.97 Å². The van der Waals surface area contributed by atoms with Gasteiger partial charge in [0.1, 0.15) is 5.75 Å². The fourth-order valence-corrected chi connectivity index (χ4v) is 3.16. The molecule has 0 unspecified atom stereocenters. The summed E-state index contributed by atoms with van der Waals surface area (Å²) in [6.45, 7) is 0. The highest BCUT2D eigenvalue weighted by atomic mass is 19.4. The van der Waals surface area contributed by atoms with Crippen LogP contribution in [0.1, 0.15) is 43.6 Å². The lowest BCUT2D eigenvalue weighted by molar-refractivity contribution is -0.274. The van der Waals surface area contributed by atoms with Crippen LogP contribution in [0.15, 0.2) is 48.6 Å². The Morgan fingerprint density at radius 3 is 2.32 bits per heavy atom. The molecule has 0 spiro atoms. The molecule has 2 rings (SSSR count). The quantitative estimate of drug-likeness (QED) is 0.546. The summed E-state index contributed by atoms with van der Waals surface area (Å²) in [5, 5.41) is 8.49. The van der Waals surface area contributed by atoms with Crippen LogP contribution in [0.5, 0.6) is 5.75 Å². The first-order valence-electron chi connectivity index (χ1n) is 8.25. The van der Waals surface area contributed by atoms with Crippen LogP contribution in [-0.4, -0.2) is 17.4 Å². The molecule has 0 radical (unpaired) electrons. The third kappa shape index (κ3) is 7.03. The van der Waals surface area contributed by atoms with Crippen molar-refractivity contribution in [1.29, 1.82) is 0 Å². The van der Waals surface area contributed by atoms with Gasteiger partial charge >= 0.3 is 12.3 Å². The Balaban J connectivity index is 1.79. The number of rotatable bonds is 6. The molecular formula is C19H21F3O3. The molecule has 0 aromatic heterocycles. The molecule has 1 N–H and O–H groups in total. The zero-order valence-electron chi connectivity index (χ0n) is 13.7. The molecule has 1 aliphatic carbocycles. The van der Waals surface area contributed by atoms with Crippen molar-refractivity contribution in [2.75, 3.05) is 0 Å². The van der Waals surface area contributed by atoms with Gasteiger partial charge < -0.3 is 9.84 Å². The Morgan fingerprint density at radius 1 is 1.12 bits per heavy atom. The number of halogens is 3. The van der Waals surface area contributed by atoms with Gasteiger partial charge in [0.2, 0.25) is 0 Å². The summed E-state index contributed by atoms with van der Waals surface area (Å²) in [6, 6.07) is 6.16. The van der Waals surface area contributed by atoms with E-state index >= 15 is 0 Å². The van der Waals surface area contributed by atoms with Crippen LogP contribution in [0.4, 0.5) is 13.2 Å². The van der Waals surface area contributed by atoms with Gasteiger partial charge in [0.05, 0.1) is 0 Å². The first-order valence-corrected chi connectivity index (χ1v) is 8.25. The number of ether oxygens (including phenoxy) is 1. The summed E-state index contributed by atoms with van der Waals surface area (Å²) in [5.41, 5.74) is 1.05. The average Bonchev–Trinajstić information content (AvgIpc) is 2.54. The van der Waals surface area contributed by atoms with Crippen LogP contribution in [0, 0.1) is 5.92 Å². The number of aliphatic carboxylic acids is 1. The van der Waals surface area contributed by atoms with Gasteiger partial charge in [0.15, 0.2) is 0 Å². The molecule has 0 aliphatic heterocycles. The lowest BCUT2D eigenvalue weighted by atomic mass is 9.77. The van der Waals surface area contributed by atoms with Crippen molar-refractivity contribution in [1.82, 2.24) is 0 Å². The van der Waals surface area contributed by atoms with Crippen molar-refractivity contribution in [2.24, 2.45) is 5.92 Å². The van der Waals surface area contributed by atoms with E-state index in [9.17, 15) is 18.0 Å². The predicted molar refractivity (Wildman–Crippen MR) is 88.4 cm³/mol. The van der Waals surface area contributed by atoms with Crippen LogP contribution in [0.25, 0.3) is 0 Å². The van der Waals surface area contributed by atoms with Crippen LogP contribution in [-0.2, 0) is 4.79 Å². The third-order valence-corrected chi connectivity index (χ3v) is 4.39. The highest BCUT2D eigenvalue weighted by Gasteiger charge is 2.31. The van der Waals surface area contributed by atoms with E-state index in [2.05, 4.69) is 4.74 Å². The largest absolute Gasteiger partial charge is 0.573 e. The van der Waals surface area contributed by atoms with Crippen molar-refractivity contribution in [2.45, 2.75) is 44.4 Å². The first-order chi connectivity index (χ1) is 11.8. The average molecular weight is 354 g/mol. The molecular weight excluding hydrogens is 333 g/mol. The number of hydrogen-bond acceptors (Lipinski definition) is 2. The maximum absolute atomic E-state index is 12.2. The van der Waals surface area contributed by atoms with Crippen LogP contribution in [0.3, 0.4) is 0 Å². The number of alkyl halides is 3. The minimum Gasteiger partial charge on any atom is -0.478 e. The molecule has 0 atom stereocenters. The summed E-state index contributed by atoms with van der Waals surface area (Å²) < 4.78 is 40.4. The molecule has 1 aromatic carbocycles. The number of carboxylic acids is 1. The highest BCUT2D eigenvalue weighted by molar-refractivity contribution is 5.80. The van der Waals surface area contributed by atoms with E-state index < -0.39 is 12.3 Å². The van der Waals surface area contributed by atoms with E-state index in [-0.39, 0.29) is 5.75 Å². The van der Waals surface area contributed by atoms with Gasteiger partial charge in [-0.3, -0.25) is 0 Å². The Labute approximate surface area is 144 Å². The van der Waals surface area contributed by atoms with Crippen molar-refractivity contribution in [3.63, 3.8) is 0 Å². The Morgan fingerprint density at radius 2 is 1.76 bits per heavy atom.